The Morgan fingerprint density at radius 2 is 1.50 bits per heavy atom. The molecule has 0 aliphatic heterocycles. The van der Waals surface area contributed by atoms with E-state index in [0.717, 1.165) is 22.1 Å². The molecule has 0 bridgehead atoms. The summed E-state index contributed by atoms with van der Waals surface area (Å²) in [6.07, 6.45) is 1.52. The van der Waals surface area contributed by atoms with Gasteiger partial charge in [0.1, 0.15) is 5.75 Å². The number of hydrogen-bond donors (Lipinski definition) is 0. The minimum absolute atomic E-state index is 0.394. The molecule has 0 aliphatic carbocycles. The fourth-order valence-corrected chi connectivity index (χ4v) is 2.68. The molecule has 0 radical (unpaired) electrons. The number of benzene rings is 2. The molecule has 0 fully saturated rings. The highest BCUT2D eigenvalue weighted by Gasteiger charge is 2.12. The average Bonchev–Trinajstić information content (AvgIpc) is 2.42. The van der Waals surface area contributed by atoms with Crippen molar-refractivity contribution in [3.8, 4) is 5.75 Å². The van der Waals surface area contributed by atoms with Crippen molar-refractivity contribution in [1.29, 1.82) is 0 Å². The predicted molar refractivity (Wildman–Crippen MR) is 80.9 cm³/mol. The number of hydrogen-bond acceptors (Lipinski definition) is 3. The van der Waals surface area contributed by atoms with E-state index < -0.39 is 10.1 Å². The zero-order chi connectivity index (χ0) is 14.6. The summed E-state index contributed by atoms with van der Waals surface area (Å²) in [6, 6.07) is 14.7. The largest absolute Gasteiger partial charge is 0.379 e. The summed E-state index contributed by atoms with van der Waals surface area (Å²) < 4.78 is 29.1. The summed E-state index contributed by atoms with van der Waals surface area (Å²) in [6.45, 7) is 3.64. The average molecular weight is 288 g/mol. The summed E-state index contributed by atoms with van der Waals surface area (Å²) in [5, 5.41) is 1.08. The van der Waals surface area contributed by atoms with E-state index in [9.17, 15) is 8.42 Å². The molecule has 4 heteroatoms. The standard InChI is InChI=1S/C16H16O3S/c1-13-7-6-8-14(2)16(13)19-20(17,18)12-11-15-9-4-3-5-10-15/h3-12H,1-2H3/b12-11+. The van der Waals surface area contributed by atoms with Crippen molar-refractivity contribution in [3.05, 3.63) is 70.6 Å². The van der Waals surface area contributed by atoms with Crippen LogP contribution in [0.5, 0.6) is 5.75 Å². The number of rotatable bonds is 4. The molecule has 2 aromatic carbocycles. The molecule has 2 aromatic rings. The van der Waals surface area contributed by atoms with Crippen LogP contribution in [-0.4, -0.2) is 8.42 Å². The SMILES string of the molecule is Cc1cccc(C)c1OS(=O)(=O)/C=C/c1ccccc1. The molecule has 0 aliphatic rings. The van der Waals surface area contributed by atoms with Crippen LogP contribution in [0, 0.1) is 13.8 Å². The third-order valence-corrected chi connectivity index (χ3v) is 3.70. The lowest BCUT2D eigenvalue weighted by Crippen LogP contribution is -2.07. The maximum Gasteiger partial charge on any atom is 0.332 e. The molecule has 0 saturated carbocycles. The second kappa shape index (κ2) is 5.92. The summed E-state index contributed by atoms with van der Waals surface area (Å²) in [4.78, 5) is 0. The maximum absolute atomic E-state index is 12.0. The van der Waals surface area contributed by atoms with E-state index in [4.69, 9.17) is 4.18 Å². The Hall–Kier alpha value is -2.07. The molecule has 104 valence electrons. The Labute approximate surface area is 119 Å². The van der Waals surface area contributed by atoms with Crippen molar-refractivity contribution in [1.82, 2.24) is 0 Å². The highest BCUT2D eigenvalue weighted by atomic mass is 32.2. The molecule has 0 unspecified atom stereocenters. The maximum atomic E-state index is 12.0. The van der Waals surface area contributed by atoms with Gasteiger partial charge in [-0.15, -0.1) is 0 Å². The minimum Gasteiger partial charge on any atom is -0.379 e. The zero-order valence-corrected chi connectivity index (χ0v) is 12.2. The van der Waals surface area contributed by atoms with Crippen molar-refractivity contribution >= 4 is 16.2 Å². The zero-order valence-electron chi connectivity index (χ0n) is 11.4. The molecule has 0 atom stereocenters. The Morgan fingerprint density at radius 1 is 0.900 bits per heavy atom. The monoisotopic (exact) mass is 288 g/mol. The lowest BCUT2D eigenvalue weighted by atomic mass is 10.1. The molecular weight excluding hydrogens is 272 g/mol. The van der Waals surface area contributed by atoms with E-state index in [1.54, 1.807) is 0 Å². The third-order valence-electron chi connectivity index (χ3n) is 2.83. The van der Waals surface area contributed by atoms with Crippen LogP contribution in [0.25, 0.3) is 6.08 Å². The number of para-hydroxylation sites is 1. The van der Waals surface area contributed by atoms with E-state index in [1.807, 2.05) is 62.4 Å². The highest BCUT2D eigenvalue weighted by Crippen LogP contribution is 2.24. The van der Waals surface area contributed by atoms with E-state index >= 15 is 0 Å². The van der Waals surface area contributed by atoms with Crippen LogP contribution in [0.1, 0.15) is 16.7 Å². The van der Waals surface area contributed by atoms with Gasteiger partial charge in [0.05, 0.1) is 5.41 Å². The molecule has 0 aromatic heterocycles. The quantitative estimate of drug-likeness (QED) is 0.806. The Balaban J connectivity index is 2.22. The first-order chi connectivity index (χ1) is 9.48. The smallest absolute Gasteiger partial charge is 0.332 e. The summed E-state index contributed by atoms with van der Waals surface area (Å²) >= 11 is 0. The van der Waals surface area contributed by atoms with E-state index in [2.05, 4.69) is 0 Å². The van der Waals surface area contributed by atoms with Gasteiger partial charge in [-0.3, -0.25) is 0 Å². The van der Waals surface area contributed by atoms with Crippen molar-refractivity contribution in [2.75, 3.05) is 0 Å². The van der Waals surface area contributed by atoms with E-state index in [-0.39, 0.29) is 0 Å². The Kier molecular flexibility index (Phi) is 4.25. The van der Waals surface area contributed by atoms with Crippen molar-refractivity contribution in [2.24, 2.45) is 0 Å². The summed E-state index contributed by atoms with van der Waals surface area (Å²) in [7, 11) is -3.76. The van der Waals surface area contributed by atoms with Gasteiger partial charge >= 0.3 is 10.1 Å². The van der Waals surface area contributed by atoms with Crippen LogP contribution < -0.4 is 4.18 Å². The first-order valence-electron chi connectivity index (χ1n) is 6.22. The Morgan fingerprint density at radius 3 is 2.10 bits per heavy atom. The third kappa shape index (κ3) is 3.71. The van der Waals surface area contributed by atoms with Crippen LogP contribution in [0.2, 0.25) is 0 Å². The van der Waals surface area contributed by atoms with E-state index in [0.29, 0.717) is 5.75 Å². The minimum atomic E-state index is -3.76. The Bertz CT molecular complexity index is 696. The van der Waals surface area contributed by atoms with Crippen LogP contribution in [0.15, 0.2) is 53.9 Å². The fraction of sp³-hybridized carbons (Fsp3) is 0.125. The van der Waals surface area contributed by atoms with Gasteiger partial charge in [0.15, 0.2) is 0 Å². The molecule has 0 amide bonds. The lowest BCUT2D eigenvalue weighted by Gasteiger charge is -2.09. The van der Waals surface area contributed by atoms with Crippen LogP contribution in [0.4, 0.5) is 0 Å². The summed E-state index contributed by atoms with van der Waals surface area (Å²) in [5.41, 5.74) is 2.39. The molecule has 3 nitrogen and oxygen atoms in total. The second-order valence-electron chi connectivity index (χ2n) is 4.51. The van der Waals surface area contributed by atoms with Gasteiger partial charge in [0.25, 0.3) is 0 Å². The van der Waals surface area contributed by atoms with Crippen molar-refractivity contribution in [3.63, 3.8) is 0 Å². The van der Waals surface area contributed by atoms with Gasteiger partial charge in [-0.1, -0.05) is 48.5 Å². The topological polar surface area (TPSA) is 43.4 Å². The van der Waals surface area contributed by atoms with Crippen molar-refractivity contribution < 1.29 is 12.6 Å². The highest BCUT2D eigenvalue weighted by molar-refractivity contribution is 7.90. The van der Waals surface area contributed by atoms with Crippen molar-refractivity contribution in [2.45, 2.75) is 13.8 Å². The van der Waals surface area contributed by atoms with Gasteiger partial charge in [0.2, 0.25) is 0 Å². The van der Waals surface area contributed by atoms with Gasteiger partial charge in [-0.2, -0.15) is 8.42 Å². The lowest BCUT2D eigenvalue weighted by molar-refractivity contribution is 0.493. The fourth-order valence-electron chi connectivity index (χ4n) is 1.80. The normalized spacial score (nSPS) is 11.7. The molecule has 0 heterocycles. The first kappa shape index (κ1) is 14.3. The molecule has 0 spiro atoms. The van der Waals surface area contributed by atoms with Crippen LogP contribution >= 0.6 is 0 Å². The van der Waals surface area contributed by atoms with Gasteiger partial charge < -0.3 is 4.18 Å². The van der Waals surface area contributed by atoms with Crippen LogP contribution in [-0.2, 0) is 10.1 Å². The van der Waals surface area contributed by atoms with Gasteiger partial charge in [0, 0.05) is 0 Å². The molecule has 20 heavy (non-hydrogen) atoms. The number of aryl methyl sites for hydroxylation is 2. The molecule has 0 saturated heterocycles. The van der Waals surface area contributed by atoms with Gasteiger partial charge in [-0.05, 0) is 36.6 Å². The van der Waals surface area contributed by atoms with E-state index in [1.165, 1.54) is 6.08 Å². The first-order valence-corrected chi connectivity index (χ1v) is 7.69. The molecule has 2 rings (SSSR count). The molecular formula is C16H16O3S. The van der Waals surface area contributed by atoms with Gasteiger partial charge in [-0.25, -0.2) is 0 Å². The summed E-state index contributed by atoms with van der Waals surface area (Å²) in [5.74, 6) is 0.394. The second-order valence-corrected chi connectivity index (χ2v) is 5.93. The molecule has 0 N–H and O–H groups in total. The van der Waals surface area contributed by atoms with Crippen LogP contribution in [0.3, 0.4) is 0 Å². The predicted octanol–water partition coefficient (Wildman–Crippen LogP) is 3.68.